The average molecular weight is 366 g/mol. The third-order valence-electron chi connectivity index (χ3n) is 3.80. The molecule has 0 radical (unpaired) electrons. The Bertz CT molecular complexity index is 472. The minimum atomic E-state index is -4.34. The Morgan fingerprint density at radius 3 is 2.52 bits per heavy atom. The number of ether oxygens (including phenoxy) is 1. The van der Waals surface area contributed by atoms with Crippen LogP contribution in [0.4, 0.5) is 18.9 Å². The van der Waals surface area contributed by atoms with Gasteiger partial charge in [-0.3, -0.25) is 0 Å². The van der Waals surface area contributed by atoms with Crippen molar-refractivity contribution in [1.29, 1.82) is 0 Å². The van der Waals surface area contributed by atoms with Crippen LogP contribution in [0, 0.1) is 5.92 Å². The summed E-state index contributed by atoms with van der Waals surface area (Å²) in [6, 6.07) is 4.53. The molecule has 1 heterocycles. The molecule has 1 aromatic carbocycles. The van der Waals surface area contributed by atoms with E-state index in [4.69, 9.17) is 4.74 Å². The smallest absolute Gasteiger partial charge is 0.381 e. The molecular formula is C15H19BrF3NO. The van der Waals surface area contributed by atoms with E-state index in [1.807, 2.05) is 0 Å². The van der Waals surface area contributed by atoms with Crippen molar-refractivity contribution >= 4 is 21.6 Å². The molecule has 6 heteroatoms. The second-order valence-electron chi connectivity index (χ2n) is 5.42. The van der Waals surface area contributed by atoms with Crippen molar-refractivity contribution in [2.75, 3.05) is 31.7 Å². The Kier molecular flexibility index (Phi) is 5.54. The zero-order valence-corrected chi connectivity index (χ0v) is 13.5. The van der Waals surface area contributed by atoms with Gasteiger partial charge in [-0.1, -0.05) is 22.0 Å². The van der Waals surface area contributed by atoms with Crippen LogP contribution < -0.4 is 4.90 Å². The van der Waals surface area contributed by atoms with Crippen molar-refractivity contribution in [2.24, 2.45) is 5.92 Å². The lowest BCUT2D eigenvalue weighted by molar-refractivity contribution is -0.137. The highest BCUT2D eigenvalue weighted by molar-refractivity contribution is 9.08. The van der Waals surface area contributed by atoms with Gasteiger partial charge >= 0.3 is 6.18 Å². The summed E-state index contributed by atoms with van der Waals surface area (Å²) in [5, 5.41) is 0.417. The molecule has 0 bridgehead atoms. The number of halogens is 4. The van der Waals surface area contributed by atoms with Crippen LogP contribution in [0.5, 0.6) is 0 Å². The second kappa shape index (κ2) is 7.01. The van der Waals surface area contributed by atoms with E-state index in [0.717, 1.165) is 12.8 Å². The topological polar surface area (TPSA) is 12.5 Å². The number of nitrogens with zero attached hydrogens (tertiary/aromatic N) is 1. The fraction of sp³-hybridized carbons (Fsp3) is 0.600. The Morgan fingerprint density at radius 1 is 1.29 bits per heavy atom. The quantitative estimate of drug-likeness (QED) is 0.730. The van der Waals surface area contributed by atoms with Crippen LogP contribution in [0.15, 0.2) is 18.2 Å². The van der Waals surface area contributed by atoms with E-state index in [-0.39, 0.29) is 5.69 Å². The Balaban J connectivity index is 2.20. The van der Waals surface area contributed by atoms with Crippen LogP contribution in [0.3, 0.4) is 0 Å². The van der Waals surface area contributed by atoms with Gasteiger partial charge in [-0.25, -0.2) is 0 Å². The van der Waals surface area contributed by atoms with E-state index in [9.17, 15) is 13.2 Å². The molecule has 118 valence electrons. The van der Waals surface area contributed by atoms with E-state index in [0.29, 0.717) is 36.6 Å². The van der Waals surface area contributed by atoms with Crippen molar-refractivity contribution in [1.82, 2.24) is 0 Å². The maximum Gasteiger partial charge on any atom is 0.418 e. The van der Waals surface area contributed by atoms with E-state index < -0.39 is 11.7 Å². The first-order chi connectivity index (χ1) is 9.91. The molecule has 1 saturated heterocycles. The van der Waals surface area contributed by atoms with Crippen LogP contribution in [0.1, 0.15) is 24.0 Å². The first-order valence-electron chi connectivity index (χ1n) is 6.96. The van der Waals surface area contributed by atoms with E-state index >= 15 is 0 Å². The van der Waals surface area contributed by atoms with Gasteiger partial charge < -0.3 is 9.64 Å². The lowest BCUT2D eigenvalue weighted by atomic mass is 9.99. The van der Waals surface area contributed by atoms with Crippen LogP contribution >= 0.6 is 15.9 Å². The third kappa shape index (κ3) is 4.36. The molecule has 1 fully saturated rings. The lowest BCUT2D eigenvalue weighted by Gasteiger charge is -2.30. The molecule has 1 aromatic rings. The number of benzene rings is 1. The molecule has 0 spiro atoms. The number of alkyl halides is 4. The minimum absolute atomic E-state index is 0.249. The predicted octanol–water partition coefficient (Wildman–Crippen LogP) is 4.46. The Morgan fingerprint density at radius 2 is 1.95 bits per heavy atom. The van der Waals surface area contributed by atoms with E-state index in [1.54, 1.807) is 24.1 Å². The largest absolute Gasteiger partial charge is 0.418 e. The van der Waals surface area contributed by atoms with Crippen molar-refractivity contribution < 1.29 is 17.9 Å². The van der Waals surface area contributed by atoms with Gasteiger partial charge in [0, 0.05) is 37.8 Å². The number of anilines is 1. The summed E-state index contributed by atoms with van der Waals surface area (Å²) in [6.07, 6.45) is -2.52. The molecule has 0 unspecified atom stereocenters. The first-order valence-corrected chi connectivity index (χ1v) is 8.09. The third-order valence-corrected chi connectivity index (χ3v) is 4.45. The number of rotatable bonds is 4. The van der Waals surface area contributed by atoms with Crippen molar-refractivity contribution in [2.45, 2.75) is 24.3 Å². The molecule has 0 aromatic heterocycles. The Hall–Kier alpha value is -0.750. The summed E-state index contributed by atoms with van der Waals surface area (Å²) < 4.78 is 45.0. The predicted molar refractivity (Wildman–Crippen MR) is 80.9 cm³/mol. The molecular weight excluding hydrogens is 347 g/mol. The molecule has 2 nitrogen and oxygen atoms in total. The first kappa shape index (κ1) is 16.6. The maximum atomic E-state index is 13.2. The maximum absolute atomic E-state index is 13.2. The average Bonchev–Trinajstić information content (AvgIpc) is 2.46. The number of hydrogen-bond acceptors (Lipinski definition) is 2. The van der Waals surface area contributed by atoms with Gasteiger partial charge in [-0.05, 0) is 36.5 Å². The molecule has 0 saturated carbocycles. The van der Waals surface area contributed by atoms with Crippen molar-refractivity contribution in [3.05, 3.63) is 29.3 Å². The van der Waals surface area contributed by atoms with Gasteiger partial charge in [0.25, 0.3) is 0 Å². The van der Waals surface area contributed by atoms with Gasteiger partial charge in [0.05, 0.1) is 5.56 Å². The lowest BCUT2D eigenvalue weighted by Crippen LogP contribution is -2.31. The highest BCUT2D eigenvalue weighted by atomic mass is 79.9. The van der Waals surface area contributed by atoms with Crippen LogP contribution in [-0.2, 0) is 16.2 Å². The van der Waals surface area contributed by atoms with E-state index in [2.05, 4.69) is 15.9 Å². The summed E-state index contributed by atoms with van der Waals surface area (Å²) >= 11 is 3.20. The molecule has 1 aliphatic rings. The van der Waals surface area contributed by atoms with E-state index in [1.165, 1.54) is 6.07 Å². The molecule has 2 rings (SSSR count). The summed E-state index contributed by atoms with van der Waals surface area (Å²) in [5.74, 6) is 0.390. The highest BCUT2D eigenvalue weighted by Crippen LogP contribution is 2.37. The molecule has 0 amide bonds. The summed E-state index contributed by atoms with van der Waals surface area (Å²) in [4.78, 5) is 1.72. The molecule has 0 atom stereocenters. The molecule has 1 aliphatic heterocycles. The van der Waals surface area contributed by atoms with Crippen LogP contribution in [0.2, 0.25) is 0 Å². The van der Waals surface area contributed by atoms with Crippen LogP contribution in [0.25, 0.3) is 0 Å². The molecule has 0 N–H and O–H groups in total. The van der Waals surface area contributed by atoms with Crippen LogP contribution in [-0.4, -0.2) is 26.8 Å². The summed E-state index contributed by atoms with van der Waals surface area (Å²) in [7, 11) is 1.73. The molecule has 0 aliphatic carbocycles. The minimum Gasteiger partial charge on any atom is -0.381 e. The van der Waals surface area contributed by atoms with Gasteiger partial charge in [-0.2, -0.15) is 13.2 Å². The Labute approximate surface area is 131 Å². The fourth-order valence-electron chi connectivity index (χ4n) is 2.64. The van der Waals surface area contributed by atoms with Gasteiger partial charge in [0.15, 0.2) is 0 Å². The summed E-state index contributed by atoms with van der Waals surface area (Å²) in [6.45, 7) is 2.03. The van der Waals surface area contributed by atoms with Gasteiger partial charge in [0.1, 0.15) is 0 Å². The zero-order valence-electron chi connectivity index (χ0n) is 11.9. The van der Waals surface area contributed by atoms with Gasteiger partial charge in [0.2, 0.25) is 0 Å². The zero-order chi connectivity index (χ0) is 15.5. The second-order valence-corrected chi connectivity index (χ2v) is 5.98. The standard InChI is InChI=1S/C15H19BrF3NO/c1-20(10-11-4-6-21-7-5-11)14-3-2-12(9-16)8-13(14)15(17,18)19/h2-3,8,11H,4-7,9-10H2,1H3. The van der Waals surface area contributed by atoms with Crippen molar-refractivity contribution in [3.8, 4) is 0 Å². The van der Waals surface area contributed by atoms with Gasteiger partial charge in [-0.15, -0.1) is 0 Å². The SMILES string of the molecule is CN(CC1CCOCC1)c1ccc(CBr)cc1C(F)(F)F. The highest BCUT2D eigenvalue weighted by Gasteiger charge is 2.35. The summed E-state index contributed by atoms with van der Waals surface area (Å²) in [5.41, 5.74) is 0.318. The number of hydrogen-bond donors (Lipinski definition) is 0. The fourth-order valence-corrected chi connectivity index (χ4v) is 2.99. The normalized spacial score (nSPS) is 17.0. The molecule has 21 heavy (non-hydrogen) atoms. The van der Waals surface area contributed by atoms with Crippen molar-refractivity contribution in [3.63, 3.8) is 0 Å². The monoisotopic (exact) mass is 365 g/mol.